The van der Waals surface area contributed by atoms with Crippen molar-refractivity contribution in [3.05, 3.63) is 40.1 Å². The summed E-state index contributed by atoms with van der Waals surface area (Å²) in [7, 11) is 1.87. The zero-order valence-electron chi connectivity index (χ0n) is 9.50. The van der Waals surface area contributed by atoms with Crippen molar-refractivity contribution in [2.24, 2.45) is 0 Å². The lowest BCUT2D eigenvalue weighted by Crippen LogP contribution is -2.12. The third kappa shape index (κ3) is 2.65. The van der Waals surface area contributed by atoms with Crippen LogP contribution >= 0.6 is 22.9 Å². The first-order valence-corrected chi connectivity index (χ1v) is 6.45. The first kappa shape index (κ1) is 12.5. The van der Waals surface area contributed by atoms with E-state index in [1.54, 1.807) is 12.1 Å². The van der Waals surface area contributed by atoms with Crippen LogP contribution in [0.4, 0.5) is 4.39 Å². The number of aromatic nitrogens is 1. The Morgan fingerprint density at radius 3 is 2.88 bits per heavy atom. The molecular formula is C12H12ClFN2S. The fourth-order valence-corrected chi connectivity index (χ4v) is 2.52. The minimum absolute atomic E-state index is 0.162. The highest BCUT2D eigenvalue weighted by Gasteiger charge is 2.12. The summed E-state index contributed by atoms with van der Waals surface area (Å²) in [5, 5.41) is 6.11. The van der Waals surface area contributed by atoms with Crippen LogP contribution in [0.5, 0.6) is 0 Å². The van der Waals surface area contributed by atoms with Crippen LogP contribution in [0.2, 0.25) is 5.02 Å². The third-order valence-electron chi connectivity index (χ3n) is 2.56. The van der Waals surface area contributed by atoms with Crippen LogP contribution < -0.4 is 5.32 Å². The van der Waals surface area contributed by atoms with Crippen molar-refractivity contribution >= 4 is 22.9 Å². The summed E-state index contributed by atoms with van der Waals surface area (Å²) in [5.74, 6) is -0.337. The third-order valence-corrected chi connectivity index (χ3v) is 3.69. The van der Waals surface area contributed by atoms with E-state index in [0.29, 0.717) is 15.6 Å². The van der Waals surface area contributed by atoms with Gasteiger partial charge >= 0.3 is 0 Å². The molecule has 1 N–H and O–H groups in total. The fourth-order valence-electron chi connectivity index (χ4n) is 1.42. The number of nitrogens with zero attached hydrogens (tertiary/aromatic N) is 1. The van der Waals surface area contributed by atoms with Crippen LogP contribution in [0.1, 0.15) is 18.7 Å². The van der Waals surface area contributed by atoms with Crippen LogP contribution in [0, 0.1) is 5.82 Å². The molecule has 1 atom stereocenters. The molecule has 1 aromatic heterocycles. The minimum atomic E-state index is -0.337. The Kier molecular flexibility index (Phi) is 3.76. The second-order valence-electron chi connectivity index (χ2n) is 3.71. The topological polar surface area (TPSA) is 24.9 Å². The van der Waals surface area contributed by atoms with Gasteiger partial charge in [0.25, 0.3) is 0 Å². The molecular weight excluding hydrogens is 259 g/mol. The van der Waals surface area contributed by atoms with E-state index in [-0.39, 0.29) is 11.9 Å². The van der Waals surface area contributed by atoms with Crippen molar-refractivity contribution in [3.8, 4) is 10.6 Å². The maximum Gasteiger partial charge on any atom is 0.134 e. The predicted octanol–water partition coefficient (Wildman–Crippen LogP) is 3.88. The van der Waals surface area contributed by atoms with E-state index in [2.05, 4.69) is 10.3 Å². The number of halogens is 2. The minimum Gasteiger partial charge on any atom is -0.312 e. The molecule has 0 amide bonds. The fraction of sp³-hybridized carbons (Fsp3) is 0.250. The average molecular weight is 271 g/mol. The quantitative estimate of drug-likeness (QED) is 0.915. The number of hydrogen-bond acceptors (Lipinski definition) is 3. The lowest BCUT2D eigenvalue weighted by Gasteiger charge is -2.05. The maximum absolute atomic E-state index is 13.7. The highest BCUT2D eigenvalue weighted by molar-refractivity contribution is 7.13. The van der Waals surface area contributed by atoms with Gasteiger partial charge in [-0.3, -0.25) is 0 Å². The molecule has 0 saturated carbocycles. The Hall–Kier alpha value is -0.970. The molecule has 0 aliphatic heterocycles. The van der Waals surface area contributed by atoms with Crippen molar-refractivity contribution in [3.63, 3.8) is 0 Å². The molecule has 0 aliphatic rings. The van der Waals surface area contributed by atoms with Gasteiger partial charge in [0.15, 0.2) is 0 Å². The van der Waals surface area contributed by atoms with Crippen molar-refractivity contribution < 1.29 is 4.39 Å². The smallest absolute Gasteiger partial charge is 0.134 e. The number of rotatable bonds is 3. The van der Waals surface area contributed by atoms with Gasteiger partial charge in [-0.05, 0) is 32.2 Å². The van der Waals surface area contributed by atoms with Gasteiger partial charge in [0.05, 0.1) is 5.69 Å². The Morgan fingerprint density at radius 1 is 1.47 bits per heavy atom. The molecule has 0 saturated heterocycles. The molecule has 1 aromatic carbocycles. The molecule has 1 heterocycles. The van der Waals surface area contributed by atoms with E-state index in [1.165, 1.54) is 17.4 Å². The molecule has 0 spiro atoms. The molecule has 90 valence electrons. The standard InChI is InChI=1S/C12H12ClFN2S/c1-7(15-2)11-6-17-12(16-11)9-4-3-8(13)5-10(9)14/h3-7,15H,1-2H3. The summed E-state index contributed by atoms with van der Waals surface area (Å²) in [6.45, 7) is 2.01. The Bertz CT molecular complexity index is 527. The van der Waals surface area contributed by atoms with Gasteiger partial charge in [-0.2, -0.15) is 0 Å². The lowest BCUT2D eigenvalue weighted by atomic mass is 10.2. The molecule has 0 fully saturated rings. The van der Waals surface area contributed by atoms with Gasteiger partial charge in [-0.1, -0.05) is 11.6 Å². The van der Waals surface area contributed by atoms with E-state index in [1.807, 2.05) is 19.4 Å². The van der Waals surface area contributed by atoms with E-state index >= 15 is 0 Å². The van der Waals surface area contributed by atoms with Crippen molar-refractivity contribution in [1.82, 2.24) is 10.3 Å². The van der Waals surface area contributed by atoms with Crippen LogP contribution in [0.3, 0.4) is 0 Å². The maximum atomic E-state index is 13.7. The largest absolute Gasteiger partial charge is 0.312 e. The zero-order chi connectivity index (χ0) is 12.4. The van der Waals surface area contributed by atoms with Crippen molar-refractivity contribution in [2.45, 2.75) is 13.0 Å². The molecule has 2 rings (SSSR count). The number of hydrogen-bond donors (Lipinski definition) is 1. The van der Waals surface area contributed by atoms with Crippen molar-refractivity contribution in [1.29, 1.82) is 0 Å². The van der Waals surface area contributed by atoms with Gasteiger partial charge in [-0.25, -0.2) is 9.37 Å². The SMILES string of the molecule is CNC(C)c1csc(-c2ccc(Cl)cc2F)n1. The van der Waals surface area contributed by atoms with Crippen LogP contribution in [-0.4, -0.2) is 12.0 Å². The first-order chi connectivity index (χ1) is 8.11. The molecule has 0 radical (unpaired) electrons. The summed E-state index contributed by atoms with van der Waals surface area (Å²) >= 11 is 7.15. The average Bonchev–Trinajstić information content (AvgIpc) is 2.77. The summed E-state index contributed by atoms with van der Waals surface area (Å²) in [5.41, 5.74) is 1.41. The highest BCUT2D eigenvalue weighted by atomic mass is 35.5. The number of benzene rings is 1. The summed E-state index contributed by atoms with van der Waals surface area (Å²) in [6, 6.07) is 4.79. The Balaban J connectivity index is 2.37. The molecule has 2 aromatic rings. The van der Waals surface area contributed by atoms with Crippen LogP contribution in [0.15, 0.2) is 23.6 Å². The van der Waals surface area contributed by atoms with E-state index < -0.39 is 0 Å². The van der Waals surface area contributed by atoms with Gasteiger partial charge in [0.2, 0.25) is 0 Å². The Labute approximate surface area is 108 Å². The molecule has 5 heteroatoms. The number of nitrogens with one attached hydrogen (secondary N) is 1. The monoisotopic (exact) mass is 270 g/mol. The second kappa shape index (κ2) is 5.12. The second-order valence-corrected chi connectivity index (χ2v) is 5.01. The van der Waals surface area contributed by atoms with E-state index in [0.717, 1.165) is 5.69 Å². The molecule has 2 nitrogen and oxygen atoms in total. The molecule has 1 unspecified atom stereocenters. The summed E-state index contributed by atoms with van der Waals surface area (Å²) < 4.78 is 13.7. The van der Waals surface area contributed by atoms with Gasteiger partial charge < -0.3 is 5.32 Å². The van der Waals surface area contributed by atoms with Crippen LogP contribution in [0.25, 0.3) is 10.6 Å². The van der Waals surface area contributed by atoms with E-state index in [4.69, 9.17) is 11.6 Å². The van der Waals surface area contributed by atoms with E-state index in [9.17, 15) is 4.39 Å². The van der Waals surface area contributed by atoms with Crippen molar-refractivity contribution in [2.75, 3.05) is 7.05 Å². The molecule has 0 bridgehead atoms. The van der Waals surface area contributed by atoms with Gasteiger partial charge in [0.1, 0.15) is 10.8 Å². The highest BCUT2D eigenvalue weighted by Crippen LogP contribution is 2.29. The molecule has 17 heavy (non-hydrogen) atoms. The summed E-state index contributed by atoms with van der Waals surface area (Å²) in [6.07, 6.45) is 0. The lowest BCUT2D eigenvalue weighted by molar-refractivity contribution is 0.628. The Morgan fingerprint density at radius 2 is 2.24 bits per heavy atom. The van der Waals surface area contributed by atoms with Gasteiger partial charge in [0, 0.05) is 22.0 Å². The normalized spacial score (nSPS) is 12.7. The molecule has 0 aliphatic carbocycles. The summed E-state index contributed by atoms with van der Waals surface area (Å²) in [4.78, 5) is 4.41. The first-order valence-electron chi connectivity index (χ1n) is 5.20. The van der Waals surface area contributed by atoms with Gasteiger partial charge in [-0.15, -0.1) is 11.3 Å². The van der Waals surface area contributed by atoms with Crippen LogP contribution in [-0.2, 0) is 0 Å². The number of thiazole rings is 1. The zero-order valence-corrected chi connectivity index (χ0v) is 11.1. The predicted molar refractivity (Wildman–Crippen MR) is 70.0 cm³/mol.